The van der Waals surface area contributed by atoms with Crippen LogP contribution >= 0.6 is 0 Å². The second kappa shape index (κ2) is 7.08. The van der Waals surface area contributed by atoms with Gasteiger partial charge in [0.15, 0.2) is 6.61 Å². The third-order valence-corrected chi connectivity index (χ3v) is 2.79. The monoisotopic (exact) mass is 282 g/mol. The number of benzene rings is 2. The second-order valence-electron chi connectivity index (χ2n) is 4.30. The smallest absolute Gasteiger partial charge is 0.262 e. The Morgan fingerprint density at radius 3 is 2.57 bits per heavy atom. The molecule has 0 aliphatic rings. The lowest BCUT2D eigenvalue weighted by molar-refractivity contribution is -0.118. The molecule has 0 aliphatic carbocycles. The molecule has 2 aromatic carbocycles. The van der Waals surface area contributed by atoms with Gasteiger partial charge in [-0.2, -0.15) is 5.26 Å². The average Bonchev–Trinajstić information content (AvgIpc) is 2.54. The summed E-state index contributed by atoms with van der Waals surface area (Å²) in [4.78, 5) is 11.8. The molecule has 2 N–H and O–H groups in total. The zero-order valence-corrected chi connectivity index (χ0v) is 11.2. The third-order valence-electron chi connectivity index (χ3n) is 2.79. The molecule has 0 unspecified atom stereocenters. The first-order chi connectivity index (χ1) is 10.2. The van der Waals surface area contributed by atoms with Gasteiger partial charge in [-0.3, -0.25) is 4.79 Å². The SMILES string of the molecule is N#Cc1ccccc1OCC(=O)Nc1ccc(CO)cc1. The first-order valence-electron chi connectivity index (χ1n) is 6.34. The lowest BCUT2D eigenvalue weighted by Gasteiger charge is -2.08. The van der Waals surface area contributed by atoms with Crippen LogP contribution in [0.4, 0.5) is 5.69 Å². The second-order valence-corrected chi connectivity index (χ2v) is 4.30. The number of nitriles is 1. The Morgan fingerprint density at radius 1 is 1.19 bits per heavy atom. The highest BCUT2D eigenvalue weighted by Gasteiger charge is 2.06. The van der Waals surface area contributed by atoms with Gasteiger partial charge in [-0.05, 0) is 29.8 Å². The predicted molar refractivity (Wildman–Crippen MR) is 77.6 cm³/mol. The Kier molecular flexibility index (Phi) is 4.91. The zero-order valence-electron chi connectivity index (χ0n) is 11.2. The van der Waals surface area contributed by atoms with Gasteiger partial charge in [-0.1, -0.05) is 24.3 Å². The van der Waals surface area contributed by atoms with Crippen LogP contribution < -0.4 is 10.1 Å². The van der Waals surface area contributed by atoms with Crippen LogP contribution in [-0.2, 0) is 11.4 Å². The van der Waals surface area contributed by atoms with Gasteiger partial charge < -0.3 is 15.2 Å². The van der Waals surface area contributed by atoms with E-state index in [0.29, 0.717) is 17.0 Å². The van der Waals surface area contributed by atoms with E-state index in [1.54, 1.807) is 48.5 Å². The van der Waals surface area contributed by atoms with Crippen LogP contribution in [0.3, 0.4) is 0 Å². The molecule has 0 aliphatic heterocycles. The van der Waals surface area contributed by atoms with Crippen molar-refractivity contribution in [1.82, 2.24) is 0 Å². The minimum absolute atomic E-state index is 0.0394. The van der Waals surface area contributed by atoms with E-state index >= 15 is 0 Å². The summed E-state index contributed by atoms with van der Waals surface area (Å²) in [7, 11) is 0. The Bertz CT molecular complexity index is 660. The summed E-state index contributed by atoms with van der Waals surface area (Å²) in [5.41, 5.74) is 1.78. The number of carbonyl (C=O) groups is 1. The van der Waals surface area contributed by atoms with Gasteiger partial charge in [-0.15, -0.1) is 0 Å². The van der Waals surface area contributed by atoms with E-state index in [1.165, 1.54) is 0 Å². The summed E-state index contributed by atoms with van der Waals surface area (Å²) in [5.74, 6) is 0.0604. The molecule has 0 aromatic heterocycles. The topological polar surface area (TPSA) is 82.3 Å². The Hall–Kier alpha value is -2.84. The summed E-state index contributed by atoms with van der Waals surface area (Å²) in [5, 5.41) is 20.5. The molecule has 0 fully saturated rings. The number of nitrogens with zero attached hydrogens (tertiary/aromatic N) is 1. The Labute approximate surface area is 122 Å². The summed E-state index contributed by atoms with van der Waals surface area (Å²) in [6, 6.07) is 15.6. The fourth-order valence-corrected chi connectivity index (χ4v) is 1.72. The molecule has 0 bridgehead atoms. The zero-order chi connectivity index (χ0) is 15.1. The largest absolute Gasteiger partial charge is 0.482 e. The van der Waals surface area contributed by atoms with E-state index < -0.39 is 0 Å². The Balaban J connectivity index is 1.91. The average molecular weight is 282 g/mol. The van der Waals surface area contributed by atoms with Gasteiger partial charge in [-0.25, -0.2) is 0 Å². The van der Waals surface area contributed by atoms with Crippen molar-refractivity contribution in [3.8, 4) is 11.8 Å². The van der Waals surface area contributed by atoms with E-state index in [0.717, 1.165) is 5.56 Å². The van der Waals surface area contributed by atoms with Gasteiger partial charge in [0.25, 0.3) is 5.91 Å². The number of hydrogen-bond acceptors (Lipinski definition) is 4. The highest BCUT2D eigenvalue weighted by molar-refractivity contribution is 5.91. The molecule has 0 radical (unpaired) electrons. The van der Waals surface area contributed by atoms with E-state index in [1.807, 2.05) is 6.07 Å². The summed E-state index contributed by atoms with van der Waals surface area (Å²) < 4.78 is 5.33. The number of aliphatic hydroxyl groups excluding tert-OH is 1. The first-order valence-corrected chi connectivity index (χ1v) is 6.34. The number of aliphatic hydroxyl groups is 1. The van der Waals surface area contributed by atoms with Gasteiger partial charge in [0.05, 0.1) is 12.2 Å². The van der Waals surface area contributed by atoms with E-state index in [4.69, 9.17) is 15.1 Å². The van der Waals surface area contributed by atoms with Gasteiger partial charge in [0.2, 0.25) is 0 Å². The third kappa shape index (κ3) is 4.06. The normalized spacial score (nSPS) is 9.71. The van der Waals surface area contributed by atoms with Crippen molar-refractivity contribution in [3.63, 3.8) is 0 Å². The van der Waals surface area contributed by atoms with Crippen LogP contribution in [0.5, 0.6) is 5.75 Å². The summed E-state index contributed by atoms with van der Waals surface area (Å²) in [6.07, 6.45) is 0. The van der Waals surface area contributed by atoms with Crippen LogP contribution in [-0.4, -0.2) is 17.6 Å². The number of nitrogens with one attached hydrogen (secondary N) is 1. The van der Waals surface area contributed by atoms with Gasteiger partial charge >= 0.3 is 0 Å². The number of rotatable bonds is 5. The number of ether oxygens (including phenoxy) is 1. The van der Waals surface area contributed by atoms with Crippen molar-refractivity contribution < 1.29 is 14.6 Å². The number of amides is 1. The van der Waals surface area contributed by atoms with E-state index in [-0.39, 0.29) is 19.1 Å². The van der Waals surface area contributed by atoms with Crippen LogP contribution in [0.2, 0.25) is 0 Å². The molecule has 5 heteroatoms. The van der Waals surface area contributed by atoms with Crippen LogP contribution in [0.15, 0.2) is 48.5 Å². The molecular formula is C16H14N2O3. The lowest BCUT2D eigenvalue weighted by Crippen LogP contribution is -2.20. The van der Waals surface area contributed by atoms with Crippen molar-refractivity contribution in [2.45, 2.75) is 6.61 Å². The van der Waals surface area contributed by atoms with Crippen molar-refractivity contribution >= 4 is 11.6 Å². The molecule has 1 amide bonds. The van der Waals surface area contributed by atoms with Crippen molar-refractivity contribution in [2.24, 2.45) is 0 Å². The van der Waals surface area contributed by atoms with Crippen LogP contribution in [0.1, 0.15) is 11.1 Å². The molecule has 0 saturated heterocycles. The van der Waals surface area contributed by atoms with Crippen LogP contribution in [0, 0.1) is 11.3 Å². The minimum Gasteiger partial charge on any atom is -0.482 e. The summed E-state index contributed by atoms with van der Waals surface area (Å²) in [6.45, 7) is -0.220. The maximum absolute atomic E-state index is 11.8. The van der Waals surface area contributed by atoms with Gasteiger partial charge in [0.1, 0.15) is 11.8 Å². The number of para-hydroxylation sites is 1. The van der Waals surface area contributed by atoms with Crippen LogP contribution in [0.25, 0.3) is 0 Å². The quantitative estimate of drug-likeness (QED) is 0.879. The first kappa shape index (κ1) is 14.6. The Morgan fingerprint density at radius 2 is 1.90 bits per heavy atom. The molecule has 0 saturated carbocycles. The van der Waals surface area contributed by atoms with Crippen molar-refractivity contribution in [3.05, 3.63) is 59.7 Å². The van der Waals surface area contributed by atoms with E-state index in [9.17, 15) is 4.79 Å². The van der Waals surface area contributed by atoms with E-state index in [2.05, 4.69) is 5.32 Å². The molecule has 0 atom stereocenters. The molecule has 5 nitrogen and oxygen atoms in total. The molecule has 0 heterocycles. The van der Waals surface area contributed by atoms with Gasteiger partial charge in [0, 0.05) is 5.69 Å². The number of hydrogen-bond donors (Lipinski definition) is 2. The van der Waals surface area contributed by atoms with Crippen molar-refractivity contribution in [2.75, 3.05) is 11.9 Å². The number of carbonyl (C=O) groups excluding carboxylic acids is 1. The standard InChI is InChI=1S/C16H14N2O3/c17-9-13-3-1-2-4-15(13)21-11-16(20)18-14-7-5-12(10-19)6-8-14/h1-8,19H,10-11H2,(H,18,20). The fourth-order valence-electron chi connectivity index (χ4n) is 1.72. The molecular weight excluding hydrogens is 268 g/mol. The molecule has 0 spiro atoms. The minimum atomic E-state index is -0.320. The number of anilines is 1. The molecule has 21 heavy (non-hydrogen) atoms. The maximum Gasteiger partial charge on any atom is 0.262 e. The highest BCUT2D eigenvalue weighted by atomic mass is 16.5. The molecule has 106 valence electrons. The van der Waals surface area contributed by atoms with Crippen molar-refractivity contribution in [1.29, 1.82) is 5.26 Å². The maximum atomic E-state index is 11.8. The highest BCUT2D eigenvalue weighted by Crippen LogP contribution is 2.16. The predicted octanol–water partition coefficient (Wildman–Crippen LogP) is 2.07. The molecule has 2 aromatic rings. The lowest BCUT2D eigenvalue weighted by atomic mass is 10.2. The fraction of sp³-hybridized carbons (Fsp3) is 0.125. The summed E-state index contributed by atoms with van der Waals surface area (Å²) >= 11 is 0. The molecule has 2 rings (SSSR count).